The predicted molar refractivity (Wildman–Crippen MR) is 85.3 cm³/mol. The first-order valence-corrected chi connectivity index (χ1v) is 6.90. The summed E-state index contributed by atoms with van der Waals surface area (Å²) in [5, 5.41) is 0. The highest BCUT2D eigenvalue weighted by molar-refractivity contribution is 5.88. The molecule has 0 unspecified atom stereocenters. The van der Waals surface area contributed by atoms with Crippen molar-refractivity contribution in [2.45, 2.75) is 0 Å². The molecular formula is C19H14O3. The summed E-state index contributed by atoms with van der Waals surface area (Å²) in [5.41, 5.74) is 2.20. The molecule has 0 saturated carbocycles. The summed E-state index contributed by atoms with van der Waals surface area (Å²) >= 11 is 0. The van der Waals surface area contributed by atoms with Gasteiger partial charge in [0.25, 0.3) is 0 Å². The molecule has 0 bridgehead atoms. The second kappa shape index (κ2) is 6.59. The van der Waals surface area contributed by atoms with Crippen LogP contribution in [0.25, 0.3) is 17.2 Å². The standard InChI is InChI=1S/C19H14O3/c20-19(13-12-17-7-4-14-21-17)22-18-10-8-16(9-11-18)15-5-2-1-3-6-15/h1-14H/b13-12+. The molecule has 0 aliphatic carbocycles. The Morgan fingerprint density at radius 1 is 0.864 bits per heavy atom. The molecule has 0 N–H and O–H groups in total. The summed E-state index contributed by atoms with van der Waals surface area (Å²) < 4.78 is 10.3. The van der Waals surface area contributed by atoms with Gasteiger partial charge in [0.15, 0.2) is 0 Å². The zero-order chi connectivity index (χ0) is 15.2. The van der Waals surface area contributed by atoms with Crippen molar-refractivity contribution in [2.75, 3.05) is 0 Å². The maximum atomic E-state index is 11.7. The summed E-state index contributed by atoms with van der Waals surface area (Å²) in [6.07, 6.45) is 4.46. The molecule has 1 heterocycles. The average Bonchev–Trinajstić information content (AvgIpc) is 3.08. The Bertz CT molecular complexity index is 754. The molecule has 0 atom stereocenters. The third-order valence-electron chi connectivity index (χ3n) is 3.11. The van der Waals surface area contributed by atoms with Crippen molar-refractivity contribution in [2.24, 2.45) is 0 Å². The molecule has 0 aliphatic heterocycles. The number of carbonyl (C=O) groups excluding carboxylic acids is 1. The van der Waals surface area contributed by atoms with Gasteiger partial charge < -0.3 is 9.15 Å². The van der Waals surface area contributed by atoms with E-state index < -0.39 is 5.97 Å². The highest BCUT2D eigenvalue weighted by Crippen LogP contribution is 2.22. The number of esters is 1. The van der Waals surface area contributed by atoms with E-state index in [1.807, 2.05) is 42.5 Å². The zero-order valence-corrected chi connectivity index (χ0v) is 11.8. The van der Waals surface area contributed by atoms with Crippen molar-refractivity contribution in [3.8, 4) is 16.9 Å². The Hall–Kier alpha value is -3.07. The van der Waals surface area contributed by atoms with Gasteiger partial charge in [0.05, 0.1) is 6.26 Å². The number of rotatable bonds is 4. The number of benzene rings is 2. The summed E-state index contributed by atoms with van der Waals surface area (Å²) in [7, 11) is 0. The first kappa shape index (κ1) is 13.9. The van der Waals surface area contributed by atoms with E-state index in [9.17, 15) is 4.79 Å². The number of carbonyl (C=O) groups is 1. The lowest BCUT2D eigenvalue weighted by Gasteiger charge is -2.04. The van der Waals surface area contributed by atoms with Crippen LogP contribution in [0.15, 0.2) is 83.5 Å². The molecule has 0 spiro atoms. The summed E-state index contributed by atoms with van der Waals surface area (Å²) in [4.78, 5) is 11.7. The minimum absolute atomic E-state index is 0.441. The highest BCUT2D eigenvalue weighted by atomic mass is 16.5. The molecule has 0 fully saturated rings. The fourth-order valence-electron chi connectivity index (χ4n) is 2.03. The normalized spacial score (nSPS) is 10.7. The van der Waals surface area contributed by atoms with Crippen LogP contribution in [0.1, 0.15) is 5.76 Å². The third-order valence-corrected chi connectivity index (χ3v) is 3.11. The second-order valence-electron chi connectivity index (χ2n) is 4.66. The minimum Gasteiger partial charge on any atom is -0.465 e. The van der Waals surface area contributed by atoms with Crippen LogP contribution in [0.2, 0.25) is 0 Å². The Labute approximate surface area is 128 Å². The smallest absolute Gasteiger partial charge is 0.336 e. The van der Waals surface area contributed by atoms with Gasteiger partial charge in [-0.2, -0.15) is 0 Å². The zero-order valence-electron chi connectivity index (χ0n) is 11.8. The molecule has 0 amide bonds. The van der Waals surface area contributed by atoms with Crippen LogP contribution in [-0.2, 0) is 4.79 Å². The molecule has 0 aliphatic rings. The molecule has 2 aromatic carbocycles. The largest absolute Gasteiger partial charge is 0.465 e. The molecular weight excluding hydrogens is 276 g/mol. The first-order valence-electron chi connectivity index (χ1n) is 6.90. The van der Waals surface area contributed by atoms with E-state index in [4.69, 9.17) is 9.15 Å². The van der Waals surface area contributed by atoms with Crippen LogP contribution in [0.5, 0.6) is 5.75 Å². The molecule has 3 aromatic rings. The fraction of sp³-hybridized carbons (Fsp3) is 0. The molecule has 0 radical (unpaired) electrons. The van der Waals surface area contributed by atoms with E-state index in [1.54, 1.807) is 36.6 Å². The van der Waals surface area contributed by atoms with E-state index in [0.717, 1.165) is 11.1 Å². The summed E-state index contributed by atoms with van der Waals surface area (Å²) in [5.74, 6) is 0.675. The topological polar surface area (TPSA) is 39.4 Å². The Kier molecular flexibility index (Phi) is 4.16. The number of furan rings is 1. The van der Waals surface area contributed by atoms with Gasteiger partial charge >= 0.3 is 5.97 Å². The number of ether oxygens (including phenoxy) is 1. The first-order chi connectivity index (χ1) is 10.8. The Morgan fingerprint density at radius 3 is 2.27 bits per heavy atom. The van der Waals surface area contributed by atoms with Gasteiger partial charge in [-0.15, -0.1) is 0 Å². The van der Waals surface area contributed by atoms with Gasteiger partial charge in [0, 0.05) is 6.08 Å². The number of hydrogen-bond donors (Lipinski definition) is 0. The molecule has 3 rings (SSSR count). The van der Waals surface area contributed by atoms with E-state index in [2.05, 4.69) is 0 Å². The molecule has 3 heteroatoms. The van der Waals surface area contributed by atoms with Gasteiger partial charge in [-0.3, -0.25) is 0 Å². The van der Waals surface area contributed by atoms with Crippen molar-refractivity contribution >= 4 is 12.0 Å². The van der Waals surface area contributed by atoms with Crippen molar-refractivity contribution < 1.29 is 13.9 Å². The lowest BCUT2D eigenvalue weighted by atomic mass is 10.1. The lowest BCUT2D eigenvalue weighted by molar-refractivity contribution is -0.128. The average molecular weight is 290 g/mol. The fourth-order valence-corrected chi connectivity index (χ4v) is 2.03. The minimum atomic E-state index is -0.441. The summed E-state index contributed by atoms with van der Waals surface area (Å²) in [6, 6.07) is 21.0. The van der Waals surface area contributed by atoms with Gasteiger partial charge in [0.2, 0.25) is 0 Å². The van der Waals surface area contributed by atoms with Gasteiger partial charge in [-0.1, -0.05) is 42.5 Å². The number of hydrogen-bond acceptors (Lipinski definition) is 3. The molecule has 22 heavy (non-hydrogen) atoms. The van der Waals surface area contributed by atoms with Gasteiger partial charge in [-0.25, -0.2) is 4.79 Å². The monoisotopic (exact) mass is 290 g/mol. The van der Waals surface area contributed by atoms with Gasteiger partial charge in [0.1, 0.15) is 11.5 Å². The van der Waals surface area contributed by atoms with Crippen LogP contribution in [-0.4, -0.2) is 5.97 Å². The van der Waals surface area contributed by atoms with Crippen LogP contribution >= 0.6 is 0 Å². The van der Waals surface area contributed by atoms with Crippen LogP contribution in [0.3, 0.4) is 0 Å². The molecule has 3 nitrogen and oxygen atoms in total. The maximum absolute atomic E-state index is 11.7. The van der Waals surface area contributed by atoms with E-state index in [1.165, 1.54) is 6.08 Å². The van der Waals surface area contributed by atoms with Crippen molar-refractivity contribution in [1.82, 2.24) is 0 Å². The van der Waals surface area contributed by atoms with Crippen LogP contribution in [0, 0.1) is 0 Å². The van der Waals surface area contributed by atoms with Crippen molar-refractivity contribution in [1.29, 1.82) is 0 Å². The SMILES string of the molecule is O=C(/C=C/c1ccco1)Oc1ccc(-c2ccccc2)cc1. The highest BCUT2D eigenvalue weighted by Gasteiger charge is 2.02. The van der Waals surface area contributed by atoms with Crippen LogP contribution < -0.4 is 4.74 Å². The predicted octanol–water partition coefficient (Wildman–Crippen LogP) is 4.57. The van der Waals surface area contributed by atoms with Crippen molar-refractivity contribution in [3.63, 3.8) is 0 Å². The van der Waals surface area contributed by atoms with Crippen molar-refractivity contribution in [3.05, 3.63) is 84.8 Å². The summed E-state index contributed by atoms with van der Waals surface area (Å²) in [6.45, 7) is 0. The van der Waals surface area contributed by atoms with E-state index in [-0.39, 0.29) is 0 Å². The quantitative estimate of drug-likeness (QED) is 0.401. The molecule has 108 valence electrons. The van der Waals surface area contributed by atoms with Gasteiger partial charge in [-0.05, 0) is 41.5 Å². The molecule has 1 aromatic heterocycles. The third kappa shape index (κ3) is 3.52. The van der Waals surface area contributed by atoms with Crippen LogP contribution in [0.4, 0.5) is 0 Å². The second-order valence-corrected chi connectivity index (χ2v) is 4.66. The lowest BCUT2D eigenvalue weighted by Crippen LogP contribution is -2.03. The van der Waals surface area contributed by atoms with E-state index >= 15 is 0 Å². The maximum Gasteiger partial charge on any atom is 0.336 e. The van der Waals surface area contributed by atoms with E-state index in [0.29, 0.717) is 11.5 Å². The Morgan fingerprint density at radius 2 is 1.59 bits per heavy atom. The molecule has 0 saturated heterocycles. The Balaban J connectivity index is 1.65.